The Kier molecular flexibility index (Phi) is 6.99. The van der Waals surface area contributed by atoms with E-state index in [0.29, 0.717) is 12.6 Å². The Balaban J connectivity index is 2.57. The number of likely N-dealkylation sites (tertiary alicyclic amines) is 1. The van der Waals surface area contributed by atoms with Gasteiger partial charge in [-0.15, -0.1) is 0 Å². The van der Waals surface area contributed by atoms with E-state index in [4.69, 9.17) is 0 Å². The van der Waals surface area contributed by atoms with Gasteiger partial charge in [0.25, 0.3) is 0 Å². The van der Waals surface area contributed by atoms with Crippen LogP contribution in [0.4, 0.5) is 0 Å². The average Bonchev–Trinajstić information content (AvgIpc) is 2.42. The molecule has 1 saturated heterocycles. The van der Waals surface area contributed by atoms with E-state index in [9.17, 15) is 9.59 Å². The fourth-order valence-corrected chi connectivity index (χ4v) is 2.68. The quantitative estimate of drug-likeness (QED) is 0.735. The maximum absolute atomic E-state index is 12.4. The van der Waals surface area contributed by atoms with Crippen LogP contribution in [0, 0.1) is 0 Å². The molecule has 0 aromatic heterocycles. The molecular weight excluding hydrogens is 254 g/mol. The van der Waals surface area contributed by atoms with Gasteiger partial charge < -0.3 is 14.7 Å². The Labute approximate surface area is 122 Å². The number of carbonyl (C=O) groups excluding carboxylic acids is 2. The summed E-state index contributed by atoms with van der Waals surface area (Å²) >= 11 is 0. The van der Waals surface area contributed by atoms with Gasteiger partial charge in [0, 0.05) is 32.6 Å². The Morgan fingerprint density at radius 2 is 1.90 bits per heavy atom. The molecule has 0 radical (unpaired) electrons. The molecule has 20 heavy (non-hydrogen) atoms. The van der Waals surface area contributed by atoms with Gasteiger partial charge in [-0.05, 0) is 39.8 Å². The van der Waals surface area contributed by atoms with Gasteiger partial charge in [0.15, 0.2) is 0 Å². The van der Waals surface area contributed by atoms with E-state index in [1.807, 2.05) is 23.9 Å². The maximum Gasteiger partial charge on any atom is 0.242 e. The van der Waals surface area contributed by atoms with E-state index in [1.165, 1.54) is 13.3 Å². The number of amides is 2. The minimum atomic E-state index is -0.0229. The molecular formula is C15H29N3O2. The van der Waals surface area contributed by atoms with Crippen molar-refractivity contribution >= 4 is 11.8 Å². The van der Waals surface area contributed by atoms with Gasteiger partial charge in [0.2, 0.25) is 11.8 Å². The molecule has 5 nitrogen and oxygen atoms in total. The number of likely N-dealkylation sites (N-methyl/N-ethyl adjacent to an activating group) is 1. The van der Waals surface area contributed by atoms with Crippen LogP contribution in [0.3, 0.4) is 0 Å². The van der Waals surface area contributed by atoms with Gasteiger partial charge in [0.1, 0.15) is 0 Å². The highest BCUT2D eigenvalue weighted by Crippen LogP contribution is 2.19. The molecule has 5 heteroatoms. The first-order valence-corrected chi connectivity index (χ1v) is 7.65. The molecule has 1 aliphatic rings. The Morgan fingerprint density at radius 1 is 1.20 bits per heavy atom. The molecule has 1 atom stereocenters. The van der Waals surface area contributed by atoms with Crippen LogP contribution in [-0.4, -0.2) is 72.8 Å². The smallest absolute Gasteiger partial charge is 0.242 e. The van der Waals surface area contributed by atoms with E-state index in [0.717, 1.165) is 32.4 Å². The number of hydrogen-bond acceptors (Lipinski definition) is 3. The van der Waals surface area contributed by atoms with Crippen molar-refractivity contribution in [2.24, 2.45) is 0 Å². The zero-order valence-electron chi connectivity index (χ0n) is 13.4. The predicted molar refractivity (Wildman–Crippen MR) is 80.5 cm³/mol. The molecule has 1 rings (SSSR count). The molecule has 0 bridgehead atoms. The summed E-state index contributed by atoms with van der Waals surface area (Å²) in [4.78, 5) is 29.8. The minimum Gasteiger partial charge on any atom is -0.338 e. The lowest BCUT2D eigenvalue weighted by molar-refractivity contribution is -0.142. The molecule has 1 heterocycles. The molecule has 0 spiro atoms. The summed E-state index contributed by atoms with van der Waals surface area (Å²) in [6, 6.07) is 0.360. The SMILES string of the molecule is CCC1CCCCN1C(=O)CN(CCN(C)C)C(C)=O. The van der Waals surface area contributed by atoms with Gasteiger partial charge in [-0.1, -0.05) is 6.92 Å². The molecule has 116 valence electrons. The third-order valence-corrected chi connectivity index (χ3v) is 4.01. The summed E-state index contributed by atoms with van der Waals surface area (Å²) in [5, 5.41) is 0. The van der Waals surface area contributed by atoms with Crippen molar-refractivity contribution < 1.29 is 9.59 Å². The lowest BCUT2D eigenvalue weighted by atomic mass is 10.00. The van der Waals surface area contributed by atoms with Crippen LogP contribution in [0.5, 0.6) is 0 Å². The molecule has 0 aromatic carbocycles. The van der Waals surface area contributed by atoms with Crippen molar-refractivity contribution in [3.63, 3.8) is 0 Å². The number of nitrogens with zero attached hydrogens (tertiary/aromatic N) is 3. The van der Waals surface area contributed by atoms with Gasteiger partial charge >= 0.3 is 0 Å². The van der Waals surface area contributed by atoms with Crippen LogP contribution in [0.25, 0.3) is 0 Å². The van der Waals surface area contributed by atoms with Crippen molar-refractivity contribution in [3.8, 4) is 0 Å². The molecule has 2 amide bonds. The van der Waals surface area contributed by atoms with Crippen LogP contribution in [0.2, 0.25) is 0 Å². The van der Waals surface area contributed by atoms with Crippen molar-refractivity contribution in [1.29, 1.82) is 0 Å². The Hall–Kier alpha value is -1.10. The summed E-state index contributed by atoms with van der Waals surface area (Å²) in [5.74, 6) is 0.0794. The van der Waals surface area contributed by atoms with Crippen LogP contribution in [0.1, 0.15) is 39.5 Å². The zero-order valence-corrected chi connectivity index (χ0v) is 13.4. The van der Waals surface area contributed by atoms with E-state index in [2.05, 4.69) is 6.92 Å². The highest BCUT2D eigenvalue weighted by molar-refractivity contribution is 5.84. The molecule has 0 saturated carbocycles. The van der Waals surface area contributed by atoms with Crippen LogP contribution >= 0.6 is 0 Å². The maximum atomic E-state index is 12.4. The second-order valence-electron chi connectivity index (χ2n) is 5.89. The second-order valence-corrected chi connectivity index (χ2v) is 5.89. The number of rotatable bonds is 6. The Morgan fingerprint density at radius 3 is 2.45 bits per heavy atom. The first-order valence-electron chi connectivity index (χ1n) is 7.65. The lowest BCUT2D eigenvalue weighted by Gasteiger charge is -2.36. The standard InChI is InChI=1S/C15H29N3O2/c1-5-14-8-6-7-9-18(14)15(20)12-17(13(2)19)11-10-16(3)4/h14H,5-12H2,1-4H3. The highest BCUT2D eigenvalue weighted by Gasteiger charge is 2.26. The molecule has 0 N–H and O–H groups in total. The summed E-state index contributed by atoms with van der Waals surface area (Å²) < 4.78 is 0. The topological polar surface area (TPSA) is 43.9 Å². The molecule has 1 fully saturated rings. The van der Waals surface area contributed by atoms with Crippen molar-refractivity contribution in [3.05, 3.63) is 0 Å². The average molecular weight is 283 g/mol. The van der Waals surface area contributed by atoms with Gasteiger partial charge in [-0.3, -0.25) is 9.59 Å². The summed E-state index contributed by atoms with van der Waals surface area (Å²) in [6.45, 7) is 6.13. The monoisotopic (exact) mass is 283 g/mol. The van der Waals surface area contributed by atoms with Gasteiger partial charge in [0.05, 0.1) is 6.54 Å². The van der Waals surface area contributed by atoms with E-state index in [-0.39, 0.29) is 18.4 Å². The summed E-state index contributed by atoms with van der Waals surface area (Å²) in [6.07, 6.45) is 4.39. The van der Waals surface area contributed by atoms with Crippen molar-refractivity contribution in [1.82, 2.24) is 14.7 Å². The normalized spacial score (nSPS) is 19.2. The third-order valence-electron chi connectivity index (χ3n) is 4.01. The minimum absolute atomic E-state index is 0.0229. The molecule has 0 aromatic rings. The largest absolute Gasteiger partial charge is 0.338 e. The predicted octanol–water partition coefficient (Wildman–Crippen LogP) is 1.19. The number of piperidine rings is 1. The lowest BCUT2D eigenvalue weighted by Crippen LogP contribution is -2.49. The van der Waals surface area contributed by atoms with Crippen LogP contribution < -0.4 is 0 Å². The van der Waals surface area contributed by atoms with Crippen molar-refractivity contribution in [2.75, 3.05) is 40.3 Å². The van der Waals surface area contributed by atoms with Crippen LogP contribution in [-0.2, 0) is 9.59 Å². The van der Waals surface area contributed by atoms with E-state index in [1.54, 1.807) is 4.90 Å². The van der Waals surface area contributed by atoms with E-state index < -0.39 is 0 Å². The Bertz CT molecular complexity index is 331. The first-order chi connectivity index (χ1) is 9.45. The fourth-order valence-electron chi connectivity index (χ4n) is 2.68. The zero-order chi connectivity index (χ0) is 15.1. The molecule has 1 aliphatic heterocycles. The number of carbonyl (C=O) groups is 2. The molecule has 1 unspecified atom stereocenters. The second kappa shape index (κ2) is 8.25. The van der Waals surface area contributed by atoms with Gasteiger partial charge in [-0.25, -0.2) is 0 Å². The first kappa shape index (κ1) is 17.0. The summed E-state index contributed by atoms with van der Waals surface area (Å²) in [7, 11) is 3.94. The third kappa shape index (κ3) is 5.12. The van der Waals surface area contributed by atoms with Gasteiger partial charge in [-0.2, -0.15) is 0 Å². The van der Waals surface area contributed by atoms with E-state index >= 15 is 0 Å². The molecule has 0 aliphatic carbocycles. The van der Waals surface area contributed by atoms with Crippen LogP contribution in [0.15, 0.2) is 0 Å². The number of hydrogen-bond donors (Lipinski definition) is 0. The fraction of sp³-hybridized carbons (Fsp3) is 0.867. The highest BCUT2D eigenvalue weighted by atomic mass is 16.2. The van der Waals surface area contributed by atoms with Crippen molar-refractivity contribution in [2.45, 2.75) is 45.6 Å². The summed E-state index contributed by atoms with van der Waals surface area (Å²) in [5.41, 5.74) is 0.